The molecule has 0 aliphatic rings. The van der Waals surface area contributed by atoms with E-state index in [9.17, 15) is 0 Å². The van der Waals surface area contributed by atoms with E-state index in [2.05, 4.69) is 46.6 Å². The Morgan fingerprint density at radius 1 is 1.23 bits per heavy atom. The van der Waals surface area contributed by atoms with Crippen molar-refractivity contribution < 1.29 is 4.42 Å². The van der Waals surface area contributed by atoms with Gasteiger partial charge < -0.3 is 4.42 Å². The Morgan fingerprint density at radius 3 is 2.46 bits per heavy atom. The van der Waals surface area contributed by atoms with E-state index in [0.29, 0.717) is 3.90 Å². The van der Waals surface area contributed by atoms with Crippen molar-refractivity contribution in [3.8, 4) is 11.3 Å². The third-order valence-electron chi connectivity index (χ3n) is 1.82. The van der Waals surface area contributed by atoms with Gasteiger partial charge in [-0.2, -0.15) is 0 Å². The monoisotopic (exact) mass is 285 g/mol. The average molecular weight is 285 g/mol. The van der Waals surface area contributed by atoms with E-state index in [-0.39, 0.29) is 0 Å². The van der Waals surface area contributed by atoms with Gasteiger partial charge in [0.2, 0.25) is 0 Å². The highest BCUT2D eigenvalue weighted by Crippen LogP contribution is 2.19. The van der Waals surface area contributed by atoms with E-state index in [1.54, 1.807) is 6.26 Å². The largest absolute Gasteiger partial charge is 0.440 e. The quantitative estimate of drug-likeness (QED) is 0.752. The topological polar surface area (TPSA) is 26.0 Å². The van der Waals surface area contributed by atoms with E-state index in [1.165, 1.54) is 5.56 Å². The number of hydrogen-bond donors (Lipinski definition) is 0. The van der Waals surface area contributed by atoms with Crippen LogP contribution in [-0.2, 0) is 0 Å². The number of benzene rings is 1. The average Bonchev–Trinajstić information content (AvgIpc) is 2.53. The Balaban J connectivity index is 2.41. The standard InChI is InChI=1S/C10H8INO/c1-7-2-4-8(5-3-7)9-6-13-10(11)12-9/h2-6H,1H3. The first-order chi connectivity index (χ1) is 6.25. The van der Waals surface area contributed by atoms with Crippen molar-refractivity contribution in [2.24, 2.45) is 0 Å². The molecule has 0 fully saturated rings. The van der Waals surface area contributed by atoms with Crippen molar-refractivity contribution in [3.63, 3.8) is 0 Å². The summed E-state index contributed by atoms with van der Waals surface area (Å²) in [6.45, 7) is 2.07. The van der Waals surface area contributed by atoms with Gasteiger partial charge in [0.25, 0.3) is 3.90 Å². The summed E-state index contributed by atoms with van der Waals surface area (Å²) in [5.74, 6) is 0. The number of aryl methyl sites for hydroxylation is 1. The van der Waals surface area contributed by atoms with Crippen LogP contribution in [0.25, 0.3) is 11.3 Å². The van der Waals surface area contributed by atoms with Gasteiger partial charge in [0.05, 0.1) is 0 Å². The van der Waals surface area contributed by atoms with Gasteiger partial charge in [-0.05, 0) is 6.92 Å². The molecule has 0 aliphatic heterocycles. The Labute approximate surface area is 90.1 Å². The zero-order valence-corrected chi connectivity index (χ0v) is 9.28. The van der Waals surface area contributed by atoms with Crippen molar-refractivity contribution in [2.75, 3.05) is 0 Å². The first-order valence-corrected chi connectivity index (χ1v) is 5.01. The molecule has 0 unspecified atom stereocenters. The second-order valence-corrected chi connectivity index (χ2v) is 3.77. The zero-order valence-electron chi connectivity index (χ0n) is 7.12. The van der Waals surface area contributed by atoms with Crippen molar-refractivity contribution in [1.82, 2.24) is 4.98 Å². The van der Waals surface area contributed by atoms with Crippen LogP contribution in [-0.4, -0.2) is 4.98 Å². The second-order valence-electron chi connectivity index (χ2n) is 2.85. The summed E-state index contributed by atoms with van der Waals surface area (Å²) in [5, 5.41) is 0. The van der Waals surface area contributed by atoms with Crippen molar-refractivity contribution in [1.29, 1.82) is 0 Å². The van der Waals surface area contributed by atoms with Gasteiger partial charge in [0.1, 0.15) is 12.0 Å². The van der Waals surface area contributed by atoms with Gasteiger partial charge in [-0.1, -0.05) is 29.8 Å². The minimum atomic E-state index is 0.674. The first-order valence-electron chi connectivity index (χ1n) is 3.94. The highest BCUT2D eigenvalue weighted by atomic mass is 127. The van der Waals surface area contributed by atoms with Crippen molar-refractivity contribution >= 4 is 22.6 Å². The number of nitrogens with zero attached hydrogens (tertiary/aromatic N) is 1. The molecule has 1 aromatic heterocycles. The summed E-state index contributed by atoms with van der Waals surface area (Å²) >= 11 is 2.06. The molecule has 2 rings (SSSR count). The van der Waals surface area contributed by atoms with Crippen LogP contribution in [0.5, 0.6) is 0 Å². The maximum absolute atomic E-state index is 5.12. The Hall–Kier alpha value is -0.840. The maximum Gasteiger partial charge on any atom is 0.257 e. The third-order valence-corrected chi connectivity index (χ3v) is 2.32. The predicted molar refractivity (Wildman–Crippen MR) is 59.4 cm³/mol. The number of halogens is 1. The predicted octanol–water partition coefficient (Wildman–Crippen LogP) is 3.25. The summed E-state index contributed by atoms with van der Waals surface area (Å²) in [6.07, 6.45) is 1.67. The molecule has 2 nitrogen and oxygen atoms in total. The minimum absolute atomic E-state index is 0.674. The molecule has 0 radical (unpaired) electrons. The molecular formula is C10H8INO. The summed E-state index contributed by atoms with van der Waals surface area (Å²) in [6, 6.07) is 8.22. The van der Waals surface area contributed by atoms with E-state index in [1.807, 2.05) is 12.1 Å². The van der Waals surface area contributed by atoms with Gasteiger partial charge in [-0.3, -0.25) is 0 Å². The van der Waals surface area contributed by atoms with Crippen LogP contribution < -0.4 is 0 Å². The molecule has 0 atom stereocenters. The van der Waals surface area contributed by atoms with Gasteiger partial charge in [-0.15, -0.1) is 0 Å². The highest BCUT2D eigenvalue weighted by Gasteiger charge is 2.02. The third kappa shape index (κ3) is 1.91. The lowest BCUT2D eigenvalue weighted by atomic mass is 10.1. The first kappa shape index (κ1) is 8.74. The summed E-state index contributed by atoms with van der Waals surface area (Å²) in [4.78, 5) is 4.23. The molecule has 0 saturated carbocycles. The molecule has 3 heteroatoms. The fraction of sp³-hybridized carbons (Fsp3) is 0.100. The van der Waals surface area contributed by atoms with E-state index < -0.39 is 0 Å². The lowest BCUT2D eigenvalue weighted by molar-refractivity contribution is 0.525. The molecule has 0 bridgehead atoms. The lowest BCUT2D eigenvalue weighted by Gasteiger charge is -1.95. The molecule has 1 aromatic carbocycles. The van der Waals surface area contributed by atoms with E-state index >= 15 is 0 Å². The zero-order chi connectivity index (χ0) is 9.26. The molecule has 13 heavy (non-hydrogen) atoms. The molecule has 0 N–H and O–H groups in total. The maximum atomic E-state index is 5.12. The van der Waals surface area contributed by atoms with Gasteiger partial charge in [0.15, 0.2) is 0 Å². The van der Waals surface area contributed by atoms with Crippen LogP contribution in [0, 0.1) is 10.8 Å². The summed E-state index contributed by atoms with van der Waals surface area (Å²) in [7, 11) is 0. The Morgan fingerprint density at radius 2 is 1.92 bits per heavy atom. The molecule has 0 aliphatic carbocycles. The summed E-state index contributed by atoms with van der Waals surface area (Å²) in [5.41, 5.74) is 3.24. The van der Waals surface area contributed by atoms with Crippen LogP contribution >= 0.6 is 22.6 Å². The van der Waals surface area contributed by atoms with Crippen molar-refractivity contribution in [3.05, 3.63) is 40.0 Å². The Kier molecular flexibility index (Phi) is 2.35. The van der Waals surface area contributed by atoms with Crippen LogP contribution in [0.1, 0.15) is 5.56 Å². The second kappa shape index (κ2) is 3.49. The van der Waals surface area contributed by atoms with Gasteiger partial charge in [0, 0.05) is 28.2 Å². The highest BCUT2D eigenvalue weighted by molar-refractivity contribution is 14.1. The number of aromatic nitrogens is 1. The molecular weight excluding hydrogens is 277 g/mol. The molecule has 0 saturated heterocycles. The smallest absolute Gasteiger partial charge is 0.257 e. The normalized spacial score (nSPS) is 10.3. The van der Waals surface area contributed by atoms with Crippen molar-refractivity contribution in [2.45, 2.75) is 6.92 Å². The van der Waals surface area contributed by atoms with Gasteiger partial charge in [-0.25, -0.2) is 4.98 Å². The van der Waals surface area contributed by atoms with E-state index in [0.717, 1.165) is 11.3 Å². The number of hydrogen-bond acceptors (Lipinski definition) is 2. The fourth-order valence-corrected chi connectivity index (χ4v) is 1.50. The van der Waals surface area contributed by atoms with Crippen LogP contribution in [0.4, 0.5) is 0 Å². The van der Waals surface area contributed by atoms with Crippen LogP contribution in [0.3, 0.4) is 0 Å². The number of rotatable bonds is 1. The molecule has 2 aromatic rings. The Bertz CT molecular complexity index is 405. The fourth-order valence-electron chi connectivity index (χ4n) is 1.11. The van der Waals surface area contributed by atoms with E-state index in [4.69, 9.17) is 4.42 Å². The number of oxazole rings is 1. The molecule has 0 spiro atoms. The van der Waals surface area contributed by atoms with Crippen LogP contribution in [0.15, 0.2) is 34.9 Å². The molecule has 0 amide bonds. The van der Waals surface area contributed by atoms with Gasteiger partial charge >= 0.3 is 0 Å². The minimum Gasteiger partial charge on any atom is -0.440 e. The van der Waals surface area contributed by atoms with Crippen LogP contribution in [0.2, 0.25) is 0 Å². The lowest BCUT2D eigenvalue weighted by Crippen LogP contribution is -1.78. The SMILES string of the molecule is Cc1ccc(-c2coc(I)n2)cc1. The molecule has 1 heterocycles. The molecule has 66 valence electrons. The summed E-state index contributed by atoms with van der Waals surface area (Å²) < 4.78 is 5.80.